The summed E-state index contributed by atoms with van der Waals surface area (Å²) in [6.45, 7) is 2.78. The first kappa shape index (κ1) is 11.9. The van der Waals surface area contributed by atoms with Crippen molar-refractivity contribution in [1.29, 1.82) is 5.26 Å². The maximum atomic E-state index is 8.84. The van der Waals surface area contributed by atoms with Gasteiger partial charge in [0, 0.05) is 11.1 Å². The molecule has 0 saturated carbocycles. The van der Waals surface area contributed by atoms with E-state index in [1.54, 1.807) is 18.2 Å². The molecule has 0 bridgehead atoms. The fourth-order valence-corrected chi connectivity index (χ4v) is 1.40. The first-order valence-corrected chi connectivity index (χ1v) is 5.48. The fraction of sp³-hybridized carbons (Fsp3) is 0.417. The van der Waals surface area contributed by atoms with Crippen LogP contribution in [0.3, 0.4) is 0 Å². The van der Waals surface area contributed by atoms with Crippen molar-refractivity contribution in [1.82, 2.24) is 0 Å². The number of halogens is 1. The van der Waals surface area contributed by atoms with Crippen molar-refractivity contribution in [3.05, 3.63) is 28.8 Å². The number of unbranched alkanes of at least 4 members (excludes halogenated alkanes) is 2. The first-order valence-electron chi connectivity index (χ1n) is 5.10. The average Bonchev–Trinajstić information content (AvgIpc) is 2.25. The van der Waals surface area contributed by atoms with Gasteiger partial charge in [0.1, 0.15) is 11.8 Å². The molecule has 0 saturated heterocycles. The number of nitriles is 1. The molecule has 0 spiro atoms. The number of nitrogens with zero attached hydrogens (tertiary/aromatic N) is 1. The lowest BCUT2D eigenvalue weighted by Gasteiger charge is -2.07. The highest BCUT2D eigenvalue weighted by atomic mass is 35.5. The summed E-state index contributed by atoms with van der Waals surface area (Å²) in [6.07, 6.45) is 3.31. The molecule has 0 unspecified atom stereocenters. The average molecular weight is 224 g/mol. The molecule has 0 aliphatic rings. The van der Waals surface area contributed by atoms with Crippen LogP contribution in [-0.2, 0) is 0 Å². The van der Waals surface area contributed by atoms with Crippen LogP contribution in [0.2, 0.25) is 5.02 Å². The summed E-state index contributed by atoms with van der Waals surface area (Å²) in [6, 6.07) is 7.14. The van der Waals surface area contributed by atoms with Gasteiger partial charge < -0.3 is 4.74 Å². The first-order chi connectivity index (χ1) is 7.27. The maximum Gasteiger partial charge on any atom is 0.138 e. The molecule has 2 nitrogen and oxygen atoms in total. The molecule has 80 valence electrons. The van der Waals surface area contributed by atoms with Gasteiger partial charge in [-0.15, -0.1) is 0 Å². The van der Waals surface area contributed by atoms with Crippen LogP contribution >= 0.6 is 11.6 Å². The molecule has 0 heterocycles. The standard InChI is InChI=1S/C12H14ClNO/c1-2-3-4-7-15-12-8-11(13)6-5-10(12)9-14/h5-6,8H,2-4,7H2,1H3. The van der Waals surface area contributed by atoms with Crippen LogP contribution in [0.1, 0.15) is 31.7 Å². The largest absolute Gasteiger partial charge is 0.492 e. The predicted octanol–water partition coefficient (Wildman–Crippen LogP) is 3.78. The summed E-state index contributed by atoms with van der Waals surface area (Å²) >= 11 is 5.82. The van der Waals surface area contributed by atoms with Gasteiger partial charge in [0.25, 0.3) is 0 Å². The van der Waals surface area contributed by atoms with E-state index < -0.39 is 0 Å². The zero-order valence-electron chi connectivity index (χ0n) is 8.79. The molecular weight excluding hydrogens is 210 g/mol. The third kappa shape index (κ3) is 3.81. The van der Waals surface area contributed by atoms with E-state index in [9.17, 15) is 0 Å². The van der Waals surface area contributed by atoms with Gasteiger partial charge in [-0.2, -0.15) is 5.26 Å². The Balaban J connectivity index is 2.59. The molecule has 3 heteroatoms. The van der Waals surface area contributed by atoms with E-state index in [1.807, 2.05) is 0 Å². The quantitative estimate of drug-likeness (QED) is 0.712. The third-order valence-corrected chi connectivity index (χ3v) is 2.30. The Morgan fingerprint density at radius 3 is 2.87 bits per heavy atom. The molecule has 0 atom stereocenters. The number of ether oxygens (including phenoxy) is 1. The normalized spacial score (nSPS) is 9.67. The third-order valence-electron chi connectivity index (χ3n) is 2.07. The molecule has 0 fully saturated rings. The zero-order chi connectivity index (χ0) is 11.1. The highest BCUT2D eigenvalue weighted by Gasteiger charge is 2.03. The van der Waals surface area contributed by atoms with E-state index in [-0.39, 0.29) is 0 Å². The van der Waals surface area contributed by atoms with E-state index in [0.717, 1.165) is 19.3 Å². The Labute approximate surface area is 95.4 Å². The molecule has 1 aromatic rings. The van der Waals surface area contributed by atoms with Crippen LogP contribution in [0.15, 0.2) is 18.2 Å². The van der Waals surface area contributed by atoms with Crippen LogP contribution in [0.5, 0.6) is 5.75 Å². The monoisotopic (exact) mass is 223 g/mol. The van der Waals surface area contributed by atoms with Gasteiger partial charge in [-0.05, 0) is 18.6 Å². The smallest absolute Gasteiger partial charge is 0.138 e. The minimum atomic E-state index is 0.538. The van der Waals surface area contributed by atoms with E-state index in [1.165, 1.54) is 0 Å². The van der Waals surface area contributed by atoms with Gasteiger partial charge in [0.2, 0.25) is 0 Å². The van der Waals surface area contributed by atoms with Crippen LogP contribution in [-0.4, -0.2) is 6.61 Å². The van der Waals surface area contributed by atoms with Crippen molar-refractivity contribution < 1.29 is 4.74 Å². The van der Waals surface area contributed by atoms with Gasteiger partial charge >= 0.3 is 0 Å². The summed E-state index contributed by atoms with van der Waals surface area (Å²) in [5, 5.41) is 9.44. The lowest BCUT2D eigenvalue weighted by molar-refractivity contribution is 0.305. The summed E-state index contributed by atoms with van der Waals surface area (Å²) in [5.41, 5.74) is 0.538. The Bertz CT molecular complexity index is 357. The van der Waals surface area contributed by atoms with Gasteiger partial charge in [-0.3, -0.25) is 0 Å². The number of benzene rings is 1. The molecular formula is C12H14ClNO. The van der Waals surface area contributed by atoms with Crippen LogP contribution in [0.4, 0.5) is 0 Å². The lowest BCUT2D eigenvalue weighted by Crippen LogP contribution is -1.98. The molecule has 0 aliphatic carbocycles. The highest BCUT2D eigenvalue weighted by Crippen LogP contribution is 2.22. The summed E-state index contributed by atoms with van der Waals surface area (Å²) in [4.78, 5) is 0. The second-order valence-electron chi connectivity index (χ2n) is 3.31. The molecule has 15 heavy (non-hydrogen) atoms. The van der Waals surface area contributed by atoms with Crippen molar-refractivity contribution in [2.75, 3.05) is 6.61 Å². The van der Waals surface area contributed by atoms with Crippen LogP contribution in [0.25, 0.3) is 0 Å². The van der Waals surface area contributed by atoms with Crippen molar-refractivity contribution in [2.24, 2.45) is 0 Å². The Hall–Kier alpha value is -1.20. The Kier molecular flexibility index (Phi) is 5.00. The summed E-state index contributed by atoms with van der Waals surface area (Å²) in [5.74, 6) is 0.584. The molecule has 1 aromatic carbocycles. The maximum absolute atomic E-state index is 8.84. The van der Waals surface area contributed by atoms with Crippen LogP contribution < -0.4 is 4.74 Å². The predicted molar refractivity (Wildman–Crippen MR) is 61.2 cm³/mol. The van der Waals surface area contributed by atoms with Crippen molar-refractivity contribution >= 4 is 11.6 Å². The SMILES string of the molecule is CCCCCOc1cc(Cl)ccc1C#N. The molecule has 0 N–H and O–H groups in total. The Morgan fingerprint density at radius 1 is 1.40 bits per heavy atom. The number of hydrogen-bond acceptors (Lipinski definition) is 2. The van der Waals surface area contributed by atoms with E-state index >= 15 is 0 Å². The van der Waals surface area contributed by atoms with Gasteiger partial charge in [-0.25, -0.2) is 0 Å². The van der Waals surface area contributed by atoms with Crippen LogP contribution in [0, 0.1) is 11.3 Å². The van der Waals surface area contributed by atoms with E-state index in [2.05, 4.69) is 13.0 Å². The topological polar surface area (TPSA) is 33.0 Å². The molecule has 0 amide bonds. The molecule has 0 radical (unpaired) electrons. The molecule has 1 rings (SSSR count). The van der Waals surface area contributed by atoms with Crippen molar-refractivity contribution in [3.63, 3.8) is 0 Å². The number of hydrogen-bond donors (Lipinski definition) is 0. The Morgan fingerprint density at radius 2 is 2.20 bits per heavy atom. The van der Waals surface area contributed by atoms with E-state index in [0.29, 0.717) is 22.9 Å². The summed E-state index contributed by atoms with van der Waals surface area (Å²) in [7, 11) is 0. The lowest BCUT2D eigenvalue weighted by atomic mass is 10.2. The number of rotatable bonds is 5. The van der Waals surface area contributed by atoms with Gasteiger partial charge in [-0.1, -0.05) is 31.4 Å². The summed E-state index contributed by atoms with van der Waals surface area (Å²) < 4.78 is 5.50. The van der Waals surface area contributed by atoms with Gasteiger partial charge in [0.15, 0.2) is 0 Å². The molecule has 0 aromatic heterocycles. The zero-order valence-corrected chi connectivity index (χ0v) is 9.55. The fourth-order valence-electron chi connectivity index (χ4n) is 1.24. The van der Waals surface area contributed by atoms with Crippen molar-refractivity contribution in [2.45, 2.75) is 26.2 Å². The van der Waals surface area contributed by atoms with E-state index in [4.69, 9.17) is 21.6 Å². The minimum Gasteiger partial charge on any atom is -0.492 e. The van der Waals surface area contributed by atoms with Crippen molar-refractivity contribution in [3.8, 4) is 11.8 Å². The second kappa shape index (κ2) is 6.31. The second-order valence-corrected chi connectivity index (χ2v) is 3.74. The molecule has 0 aliphatic heterocycles. The minimum absolute atomic E-state index is 0.538. The van der Waals surface area contributed by atoms with Gasteiger partial charge in [0.05, 0.1) is 12.2 Å². The highest BCUT2D eigenvalue weighted by molar-refractivity contribution is 6.30.